The molecule has 2 nitrogen and oxygen atoms in total. The van der Waals surface area contributed by atoms with Gasteiger partial charge in [0.2, 0.25) is 0 Å². The van der Waals surface area contributed by atoms with Crippen molar-refractivity contribution >= 4 is 5.78 Å². The van der Waals surface area contributed by atoms with Gasteiger partial charge in [0.1, 0.15) is 5.78 Å². The molecule has 1 saturated heterocycles. The first-order valence-corrected chi connectivity index (χ1v) is 6.85. The first-order valence-electron chi connectivity index (χ1n) is 6.85. The Morgan fingerprint density at radius 2 is 1.94 bits per heavy atom. The van der Waals surface area contributed by atoms with Gasteiger partial charge >= 0.3 is 0 Å². The number of piperidine rings is 1. The van der Waals surface area contributed by atoms with Gasteiger partial charge in [0.15, 0.2) is 0 Å². The van der Waals surface area contributed by atoms with Crippen LogP contribution >= 0.6 is 0 Å². The summed E-state index contributed by atoms with van der Waals surface area (Å²) < 4.78 is 0. The number of likely N-dealkylation sites (tertiary alicyclic amines) is 1. The molecule has 1 fully saturated rings. The third-order valence-corrected chi connectivity index (χ3v) is 4.06. The van der Waals surface area contributed by atoms with Crippen molar-refractivity contribution in [3.63, 3.8) is 0 Å². The fourth-order valence-corrected chi connectivity index (χ4v) is 2.71. The van der Waals surface area contributed by atoms with Crippen LogP contribution in [0.5, 0.6) is 0 Å². The van der Waals surface area contributed by atoms with Crippen LogP contribution in [0.2, 0.25) is 0 Å². The Labute approximate surface area is 110 Å². The topological polar surface area (TPSA) is 20.3 Å². The Hall–Kier alpha value is -1.15. The monoisotopic (exact) mass is 245 g/mol. The molecule has 18 heavy (non-hydrogen) atoms. The van der Waals surface area contributed by atoms with Gasteiger partial charge in [0.05, 0.1) is 0 Å². The van der Waals surface area contributed by atoms with E-state index in [4.69, 9.17) is 0 Å². The summed E-state index contributed by atoms with van der Waals surface area (Å²) in [6, 6.07) is 6.65. The number of ketones is 1. The molecule has 0 aromatic heterocycles. The Bertz CT molecular complexity index is 431. The van der Waals surface area contributed by atoms with E-state index >= 15 is 0 Å². The minimum absolute atomic E-state index is 0.305. The second kappa shape index (κ2) is 5.66. The van der Waals surface area contributed by atoms with E-state index in [9.17, 15) is 4.79 Å². The highest BCUT2D eigenvalue weighted by molar-refractivity contribution is 5.78. The predicted molar refractivity (Wildman–Crippen MR) is 74.6 cm³/mol. The average molecular weight is 245 g/mol. The van der Waals surface area contributed by atoms with Crippen molar-refractivity contribution in [2.75, 3.05) is 13.1 Å². The SMILES string of the molecule is CC(=O)C1CCN(Cc2cc(C)ccc2C)CC1. The Kier molecular flexibility index (Phi) is 4.18. The van der Waals surface area contributed by atoms with E-state index < -0.39 is 0 Å². The average Bonchev–Trinajstić information content (AvgIpc) is 2.34. The smallest absolute Gasteiger partial charge is 0.133 e. The molecule has 2 heteroatoms. The molecule has 0 N–H and O–H groups in total. The van der Waals surface area contributed by atoms with Crippen molar-refractivity contribution in [1.82, 2.24) is 4.90 Å². The zero-order valence-electron chi connectivity index (χ0n) is 11.7. The van der Waals surface area contributed by atoms with Crippen molar-refractivity contribution in [2.24, 2.45) is 5.92 Å². The number of benzene rings is 1. The van der Waals surface area contributed by atoms with Gasteiger partial charge in [-0.05, 0) is 57.8 Å². The summed E-state index contributed by atoms with van der Waals surface area (Å²) in [5.74, 6) is 0.668. The second-order valence-electron chi connectivity index (χ2n) is 5.59. The predicted octanol–water partition coefficient (Wildman–Crippen LogP) is 3.10. The maximum Gasteiger partial charge on any atom is 0.133 e. The van der Waals surface area contributed by atoms with Crippen LogP contribution in [0.1, 0.15) is 36.5 Å². The van der Waals surface area contributed by atoms with Crippen molar-refractivity contribution in [3.8, 4) is 0 Å². The summed E-state index contributed by atoms with van der Waals surface area (Å²) in [6.07, 6.45) is 2.06. The molecular formula is C16H23NO. The number of hydrogen-bond acceptors (Lipinski definition) is 2. The van der Waals surface area contributed by atoms with Gasteiger partial charge in [0.25, 0.3) is 0 Å². The molecule has 1 heterocycles. The molecule has 1 aromatic carbocycles. The van der Waals surface area contributed by atoms with Gasteiger partial charge in [-0.1, -0.05) is 23.8 Å². The van der Waals surface area contributed by atoms with Crippen LogP contribution in [-0.2, 0) is 11.3 Å². The third-order valence-electron chi connectivity index (χ3n) is 4.06. The first-order chi connectivity index (χ1) is 8.56. The van der Waals surface area contributed by atoms with Crippen LogP contribution in [0.3, 0.4) is 0 Å². The molecule has 0 atom stereocenters. The molecule has 0 unspecified atom stereocenters. The van der Waals surface area contributed by atoms with E-state index in [0.717, 1.165) is 32.5 Å². The number of rotatable bonds is 3. The van der Waals surface area contributed by atoms with E-state index in [0.29, 0.717) is 11.7 Å². The fraction of sp³-hybridized carbons (Fsp3) is 0.562. The zero-order valence-corrected chi connectivity index (χ0v) is 11.7. The molecule has 0 amide bonds. The lowest BCUT2D eigenvalue weighted by molar-refractivity contribution is -0.122. The molecule has 1 aliphatic heterocycles. The Morgan fingerprint density at radius 3 is 2.56 bits per heavy atom. The normalized spacial score (nSPS) is 17.9. The number of Topliss-reactive ketones (excluding diaryl/α,β-unsaturated/α-hetero) is 1. The first kappa shape index (κ1) is 13.3. The van der Waals surface area contributed by atoms with Crippen LogP contribution in [0.15, 0.2) is 18.2 Å². The van der Waals surface area contributed by atoms with Gasteiger partial charge in [0, 0.05) is 12.5 Å². The van der Waals surface area contributed by atoms with Gasteiger partial charge in [-0.15, -0.1) is 0 Å². The standard InChI is InChI=1S/C16H23NO/c1-12-4-5-13(2)16(10-12)11-17-8-6-15(7-9-17)14(3)18/h4-5,10,15H,6-9,11H2,1-3H3. The number of aryl methyl sites for hydroxylation is 2. The van der Waals surface area contributed by atoms with E-state index in [1.807, 2.05) is 0 Å². The highest BCUT2D eigenvalue weighted by Gasteiger charge is 2.22. The molecule has 0 bridgehead atoms. The highest BCUT2D eigenvalue weighted by Crippen LogP contribution is 2.21. The molecule has 98 valence electrons. The van der Waals surface area contributed by atoms with Gasteiger partial charge < -0.3 is 0 Å². The van der Waals surface area contributed by atoms with E-state index in [1.165, 1.54) is 16.7 Å². The maximum atomic E-state index is 11.3. The zero-order chi connectivity index (χ0) is 13.1. The van der Waals surface area contributed by atoms with Crippen molar-refractivity contribution in [3.05, 3.63) is 34.9 Å². The maximum absolute atomic E-state index is 11.3. The van der Waals surface area contributed by atoms with Crippen molar-refractivity contribution in [2.45, 2.75) is 40.2 Å². The summed E-state index contributed by atoms with van der Waals surface area (Å²) in [5.41, 5.74) is 4.12. The lowest BCUT2D eigenvalue weighted by Gasteiger charge is -2.31. The van der Waals surface area contributed by atoms with Gasteiger partial charge in [-0.3, -0.25) is 9.69 Å². The quantitative estimate of drug-likeness (QED) is 0.815. The second-order valence-corrected chi connectivity index (χ2v) is 5.59. The van der Waals surface area contributed by atoms with E-state index in [-0.39, 0.29) is 0 Å². The summed E-state index contributed by atoms with van der Waals surface area (Å²) in [4.78, 5) is 13.8. The number of hydrogen-bond donors (Lipinski definition) is 0. The molecule has 2 rings (SSSR count). The summed E-state index contributed by atoms with van der Waals surface area (Å²) >= 11 is 0. The van der Waals surface area contributed by atoms with Crippen LogP contribution in [-0.4, -0.2) is 23.8 Å². The summed E-state index contributed by atoms with van der Waals surface area (Å²) in [6.45, 7) is 9.18. The number of carbonyl (C=O) groups excluding carboxylic acids is 1. The highest BCUT2D eigenvalue weighted by atomic mass is 16.1. The Morgan fingerprint density at radius 1 is 1.28 bits per heavy atom. The third kappa shape index (κ3) is 3.20. The Balaban J connectivity index is 1.95. The largest absolute Gasteiger partial charge is 0.300 e. The van der Waals surface area contributed by atoms with E-state index in [1.54, 1.807) is 6.92 Å². The molecule has 1 aromatic rings. The minimum Gasteiger partial charge on any atom is -0.300 e. The van der Waals surface area contributed by atoms with Crippen LogP contribution in [0.25, 0.3) is 0 Å². The van der Waals surface area contributed by atoms with Gasteiger partial charge in [-0.2, -0.15) is 0 Å². The number of nitrogens with zero attached hydrogens (tertiary/aromatic N) is 1. The van der Waals surface area contributed by atoms with Gasteiger partial charge in [-0.25, -0.2) is 0 Å². The summed E-state index contributed by atoms with van der Waals surface area (Å²) in [5, 5.41) is 0. The minimum atomic E-state index is 0.305. The van der Waals surface area contributed by atoms with Crippen molar-refractivity contribution in [1.29, 1.82) is 0 Å². The molecule has 0 spiro atoms. The van der Waals surface area contributed by atoms with E-state index in [2.05, 4.69) is 36.9 Å². The molecule has 0 saturated carbocycles. The lowest BCUT2D eigenvalue weighted by atomic mass is 9.93. The van der Waals surface area contributed by atoms with Crippen LogP contribution in [0, 0.1) is 19.8 Å². The summed E-state index contributed by atoms with van der Waals surface area (Å²) in [7, 11) is 0. The molecule has 0 radical (unpaired) electrons. The molecular weight excluding hydrogens is 222 g/mol. The van der Waals surface area contributed by atoms with Crippen LogP contribution in [0.4, 0.5) is 0 Å². The van der Waals surface area contributed by atoms with Crippen LogP contribution < -0.4 is 0 Å². The fourth-order valence-electron chi connectivity index (χ4n) is 2.71. The molecule has 0 aliphatic carbocycles. The van der Waals surface area contributed by atoms with Crippen molar-refractivity contribution < 1.29 is 4.79 Å². The number of carbonyl (C=O) groups is 1. The lowest BCUT2D eigenvalue weighted by Crippen LogP contribution is -2.35. The molecule has 1 aliphatic rings.